The predicted octanol–water partition coefficient (Wildman–Crippen LogP) is 3.24. The first-order chi connectivity index (χ1) is 12.6. The average Bonchev–Trinajstić information content (AvgIpc) is 2.66. The zero-order valence-corrected chi connectivity index (χ0v) is 15.2. The molecule has 0 spiro atoms. The molecule has 0 amide bonds. The maximum atomic E-state index is 13.0. The Balaban J connectivity index is 1.47. The Hall–Kier alpha value is -1.95. The highest BCUT2D eigenvalue weighted by molar-refractivity contribution is 6.30. The summed E-state index contributed by atoms with van der Waals surface area (Å²) in [7, 11) is 0. The van der Waals surface area contributed by atoms with Crippen LogP contribution < -0.4 is 4.74 Å². The van der Waals surface area contributed by atoms with E-state index in [4.69, 9.17) is 16.3 Å². The van der Waals surface area contributed by atoms with Gasteiger partial charge in [-0.05, 0) is 42.0 Å². The van der Waals surface area contributed by atoms with Crippen molar-refractivity contribution in [3.8, 4) is 5.75 Å². The summed E-state index contributed by atoms with van der Waals surface area (Å²) in [6.07, 6.45) is 0.999. The van der Waals surface area contributed by atoms with Gasteiger partial charge in [-0.25, -0.2) is 4.39 Å². The van der Waals surface area contributed by atoms with Gasteiger partial charge in [0.25, 0.3) is 0 Å². The van der Waals surface area contributed by atoms with Crippen LogP contribution in [0.15, 0.2) is 48.5 Å². The van der Waals surface area contributed by atoms with E-state index < -0.39 is 0 Å². The third kappa shape index (κ3) is 5.27. The lowest BCUT2D eigenvalue weighted by atomic mass is 10.1. The number of hydrogen-bond donors (Lipinski definition) is 0. The van der Waals surface area contributed by atoms with Gasteiger partial charge in [-0.15, -0.1) is 0 Å². The molecule has 1 aliphatic rings. The van der Waals surface area contributed by atoms with Gasteiger partial charge in [0.05, 0.1) is 6.04 Å². The molecule has 1 atom stereocenters. The third-order valence-corrected chi connectivity index (χ3v) is 4.81. The van der Waals surface area contributed by atoms with Crippen molar-refractivity contribution >= 4 is 17.9 Å². The molecule has 2 aromatic rings. The zero-order chi connectivity index (χ0) is 18.4. The van der Waals surface area contributed by atoms with Gasteiger partial charge in [-0.3, -0.25) is 9.80 Å². The van der Waals surface area contributed by atoms with Gasteiger partial charge in [-0.2, -0.15) is 0 Å². The van der Waals surface area contributed by atoms with Gasteiger partial charge in [0, 0.05) is 37.7 Å². The summed E-state index contributed by atoms with van der Waals surface area (Å²) >= 11 is 5.86. The standard InChI is InChI=1S/C20H22ClFN2O2/c21-17-3-7-20(8-4-17)26-12-11-24-10-9-23(14-19(24)15-25)13-16-1-5-18(22)6-2-16/h1-8,15,19H,9-14H2. The van der Waals surface area contributed by atoms with E-state index in [2.05, 4.69) is 9.80 Å². The number of carbonyl (C=O) groups excluding carboxylic acids is 1. The molecule has 26 heavy (non-hydrogen) atoms. The van der Waals surface area contributed by atoms with Crippen molar-refractivity contribution in [1.82, 2.24) is 9.80 Å². The molecule has 0 saturated carbocycles. The number of carbonyl (C=O) groups is 1. The Kier molecular flexibility index (Phi) is 6.61. The van der Waals surface area contributed by atoms with Crippen molar-refractivity contribution in [2.24, 2.45) is 0 Å². The number of benzene rings is 2. The molecular formula is C20H22ClFN2O2. The Labute approximate surface area is 158 Å². The number of piperazine rings is 1. The molecule has 1 unspecified atom stereocenters. The molecule has 6 heteroatoms. The van der Waals surface area contributed by atoms with Gasteiger partial charge in [0.2, 0.25) is 0 Å². The van der Waals surface area contributed by atoms with E-state index in [0.717, 1.165) is 37.2 Å². The first-order valence-electron chi connectivity index (χ1n) is 8.68. The normalized spacial score (nSPS) is 18.6. The van der Waals surface area contributed by atoms with Crippen LogP contribution in [0.3, 0.4) is 0 Å². The molecule has 1 fully saturated rings. The maximum absolute atomic E-state index is 13.0. The number of nitrogens with zero attached hydrogens (tertiary/aromatic N) is 2. The smallest absolute Gasteiger partial charge is 0.138 e. The lowest BCUT2D eigenvalue weighted by molar-refractivity contribution is -0.114. The van der Waals surface area contributed by atoms with Crippen LogP contribution in [0.4, 0.5) is 4.39 Å². The van der Waals surface area contributed by atoms with Crippen molar-refractivity contribution in [3.05, 3.63) is 64.9 Å². The van der Waals surface area contributed by atoms with Crippen LogP contribution >= 0.6 is 11.6 Å². The predicted molar refractivity (Wildman–Crippen MR) is 100 cm³/mol. The minimum atomic E-state index is -0.231. The van der Waals surface area contributed by atoms with E-state index in [1.807, 2.05) is 12.1 Å². The van der Waals surface area contributed by atoms with Crippen LogP contribution in [-0.4, -0.2) is 54.9 Å². The molecule has 3 rings (SSSR count). The highest BCUT2D eigenvalue weighted by atomic mass is 35.5. The van der Waals surface area contributed by atoms with E-state index in [9.17, 15) is 9.18 Å². The van der Waals surface area contributed by atoms with Crippen molar-refractivity contribution in [2.45, 2.75) is 12.6 Å². The third-order valence-electron chi connectivity index (χ3n) is 4.56. The van der Waals surface area contributed by atoms with Crippen molar-refractivity contribution in [3.63, 3.8) is 0 Å². The average molecular weight is 377 g/mol. The molecule has 0 aliphatic carbocycles. The number of halogens is 2. The van der Waals surface area contributed by atoms with Crippen LogP contribution in [0.2, 0.25) is 5.02 Å². The Morgan fingerprint density at radius 1 is 1.12 bits per heavy atom. The highest BCUT2D eigenvalue weighted by Gasteiger charge is 2.26. The van der Waals surface area contributed by atoms with Crippen molar-refractivity contribution < 1.29 is 13.9 Å². The Bertz CT molecular complexity index is 709. The van der Waals surface area contributed by atoms with E-state index in [1.165, 1.54) is 12.1 Å². The Morgan fingerprint density at radius 3 is 2.54 bits per heavy atom. The van der Waals surface area contributed by atoms with Crippen molar-refractivity contribution in [2.75, 3.05) is 32.8 Å². The minimum absolute atomic E-state index is 0.155. The van der Waals surface area contributed by atoms with E-state index in [1.54, 1.807) is 24.3 Å². The summed E-state index contributed by atoms with van der Waals surface area (Å²) in [5.41, 5.74) is 1.05. The van der Waals surface area contributed by atoms with Gasteiger partial charge in [0.15, 0.2) is 0 Å². The first kappa shape index (κ1) is 18.8. The molecule has 1 heterocycles. The van der Waals surface area contributed by atoms with Crippen LogP contribution in [-0.2, 0) is 11.3 Å². The van der Waals surface area contributed by atoms with Crippen LogP contribution in [0.1, 0.15) is 5.56 Å². The molecule has 1 saturated heterocycles. The van der Waals surface area contributed by atoms with Crippen LogP contribution in [0.5, 0.6) is 5.75 Å². The van der Waals surface area contributed by atoms with E-state index in [0.29, 0.717) is 24.7 Å². The molecule has 4 nitrogen and oxygen atoms in total. The molecular weight excluding hydrogens is 355 g/mol. The van der Waals surface area contributed by atoms with Crippen LogP contribution in [0.25, 0.3) is 0 Å². The van der Waals surface area contributed by atoms with E-state index >= 15 is 0 Å². The second kappa shape index (κ2) is 9.12. The second-order valence-electron chi connectivity index (χ2n) is 6.40. The number of aldehydes is 1. The molecule has 138 valence electrons. The molecule has 0 radical (unpaired) electrons. The zero-order valence-electron chi connectivity index (χ0n) is 14.5. The fraction of sp³-hybridized carbons (Fsp3) is 0.350. The number of hydrogen-bond acceptors (Lipinski definition) is 4. The van der Waals surface area contributed by atoms with Crippen molar-refractivity contribution in [1.29, 1.82) is 0 Å². The van der Waals surface area contributed by atoms with Gasteiger partial charge in [-0.1, -0.05) is 23.7 Å². The number of rotatable bonds is 7. The quantitative estimate of drug-likeness (QED) is 0.694. The fourth-order valence-corrected chi connectivity index (χ4v) is 3.24. The summed E-state index contributed by atoms with van der Waals surface area (Å²) in [6, 6.07) is 13.6. The highest BCUT2D eigenvalue weighted by Crippen LogP contribution is 2.16. The minimum Gasteiger partial charge on any atom is -0.492 e. The maximum Gasteiger partial charge on any atom is 0.138 e. The van der Waals surface area contributed by atoms with Gasteiger partial charge < -0.3 is 9.53 Å². The fourth-order valence-electron chi connectivity index (χ4n) is 3.12. The second-order valence-corrected chi connectivity index (χ2v) is 6.84. The van der Waals surface area contributed by atoms with E-state index in [-0.39, 0.29) is 11.9 Å². The summed E-state index contributed by atoms with van der Waals surface area (Å²) in [6.45, 7) is 4.26. The largest absolute Gasteiger partial charge is 0.492 e. The lowest BCUT2D eigenvalue weighted by Crippen LogP contribution is -2.54. The first-order valence-corrected chi connectivity index (χ1v) is 9.06. The summed E-state index contributed by atoms with van der Waals surface area (Å²) in [5.74, 6) is 0.539. The summed E-state index contributed by atoms with van der Waals surface area (Å²) in [5, 5.41) is 0.677. The Morgan fingerprint density at radius 2 is 1.85 bits per heavy atom. The summed E-state index contributed by atoms with van der Waals surface area (Å²) < 4.78 is 18.7. The van der Waals surface area contributed by atoms with Gasteiger partial charge >= 0.3 is 0 Å². The molecule has 0 bridgehead atoms. The SMILES string of the molecule is O=CC1CN(Cc2ccc(F)cc2)CCN1CCOc1ccc(Cl)cc1. The number of ether oxygens (including phenoxy) is 1. The molecule has 0 aromatic heterocycles. The van der Waals surface area contributed by atoms with Crippen LogP contribution in [0, 0.1) is 5.82 Å². The summed E-state index contributed by atoms with van der Waals surface area (Å²) in [4.78, 5) is 15.9. The molecule has 2 aromatic carbocycles. The topological polar surface area (TPSA) is 32.8 Å². The lowest BCUT2D eigenvalue weighted by Gasteiger charge is -2.38. The van der Waals surface area contributed by atoms with Gasteiger partial charge in [0.1, 0.15) is 24.5 Å². The monoisotopic (exact) mass is 376 g/mol. The molecule has 1 aliphatic heterocycles. The molecule has 0 N–H and O–H groups in total.